The molecule has 3 aromatic rings. The number of likely N-dealkylation sites (tertiary alicyclic amines) is 1. The first-order valence-corrected chi connectivity index (χ1v) is 12.7. The van der Waals surface area contributed by atoms with E-state index in [1.807, 2.05) is 26.0 Å². The summed E-state index contributed by atoms with van der Waals surface area (Å²) >= 11 is 0. The fourth-order valence-electron chi connectivity index (χ4n) is 5.61. The van der Waals surface area contributed by atoms with Crippen LogP contribution in [-0.2, 0) is 11.8 Å². The molecular weight excluding hydrogens is 480 g/mol. The normalized spacial score (nSPS) is 19.8. The molecule has 7 nitrogen and oxygen atoms in total. The molecule has 1 N–H and O–H groups in total. The SMILES string of the molecule is CC(C)Oc1ccc(-c2nc(-c3cccc4c3CCC43CCN(C(C)(C)CO)C3)no2)cc1OC(F)F. The molecule has 1 spiro atoms. The number of aliphatic hydroxyl groups excluding tert-OH is 1. The van der Waals surface area contributed by atoms with Crippen LogP contribution in [0.1, 0.15) is 51.7 Å². The summed E-state index contributed by atoms with van der Waals surface area (Å²) < 4.78 is 41.9. The Morgan fingerprint density at radius 1 is 1.14 bits per heavy atom. The van der Waals surface area contributed by atoms with Gasteiger partial charge in [-0.2, -0.15) is 13.8 Å². The van der Waals surface area contributed by atoms with Crippen LogP contribution in [0.3, 0.4) is 0 Å². The van der Waals surface area contributed by atoms with Crippen LogP contribution >= 0.6 is 0 Å². The second-order valence-electron chi connectivity index (χ2n) is 10.9. The third-order valence-corrected chi connectivity index (χ3v) is 7.63. The minimum atomic E-state index is -2.99. The zero-order valence-electron chi connectivity index (χ0n) is 21.6. The number of benzene rings is 2. The molecule has 0 saturated carbocycles. The Bertz CT molecular complexity index is 1280. The van der Waals surface area contributed by atoms with Crippen LogP contribution in [0, 0.1) is 0 Å². The first-order chi connectivity index (χ1) is 17.6. The van der Waals surface area contributed by atoms with Crippen LogP contribution in [0.4, 0.5) is 8.78 Å². The number of rotatable bonds is 8. The van der Waals surface area contributed by atoms with Crippen molar-refractivity contribution in [3.8, 4) is 34.3 Å². The minimum absolute atomic E-state index is 0.0537. The van der Waals surface area contributed by atoms with Gasteiger partial charge in [-0.05, 0) is 82.8 Å². The largest absolute Gasteiger partial charge is 0.487 e. The van der Waals surface area contributed by atoms with Gasteiger partial charge in [-0.1, -0.05) is 23.4 Å². The van der Waals surface area contributed by atoms with E-state index in [1.54, 1.807) is 12.1 Å². The molecule has 1 fully saturated rings. The lowest BCUT2D eigenvalue weighted by Gasteiger charge is -2.35. The quantitative estimate of drug-likeness (QED) is 0.429. The zero-order valence-corrected chi connectivity index (χ0v) is 21.6. The van der Waals surface area contributed by atoms with Crippen molar-refractivity contribution in [3.63, 3.8) is 0 Å². The van der Waals surface area contributed by atoms with Crippen LogP contribution in [0.25, 0.3) is 22.8 Å². The Labute approximate surface area is 215 Å². The molecule has 0 radical (unpaired) electrons. The van der Waals surface area contributed by atoms with Gasteiger partial charge in [0.15, 0.2) is 11.5 Å². The first kappa shape index (κ1) is 25.6. The number of hydrogen-bond donors (Lipinski definition) is 1. The molecule has 9 heteroatoms. The molecule has 1 unspecified atom stereocenters. The molecule has 5 rings (SSSR count). The van der Waals surface area contributed by atoms with Crippen LogP contribution in [0.15, 0.2) is 40.9 Å². The highest BCUT2D eigenvalue weighted by molar-refractivity contribution is 5.68. The summed E-state index contributed by atoms with van der Waals surface area (Å²) in [7, 11) is 0. The maximum atomic E-state index is 13.0. The molecule has 0 amide bonds. The number of halogens is 2. The van der Waals surface area contributed by atoms with Crippen LogP contribution in [0.2, 0.25) is 0 Å². The zero-order chi connectivity index (χ0) is 26.4. The Kier molecular flexibility index (Phi) is 6.70. The van der Waals surface area contributed by atoms with Gasteiger partial charge in [0, 0.05) is 28.6 Å². The second kappa shape index (κ2) is 9.68. The molecule has 1 aromatic heterocycles. The van der Waals surface area contributed by atoms with Gasteiger partial charge in [-0.15, -0.1) is 0 Å². The third-order valence-electron chi connectivity index (χ3n) is 7.63. The van der Waals surface area contributed by atoms with Crippen molar-refractivity contribution < 1.29 is 27.9 Å². The minimum Gasteiger partial charge on any atom is -0.487 e. The lowest BCUT2D eigenvalue weighted by atomic mass is 9.80. The van der Waals surface area contributed by atoms with Gasteiger partial charge in [0.05, 0.1) is 12.7 Å². The van der Waals surface area contributed by atoms with Gasteiger partial charge < -0.3 is 19.1 Å². The second-order valence-corrected chi connectivity index (χ2v) is 10.9. The van der Waals surface area contributed by atoms with E-state index in [9.17, 15) is 13.9 Å². The summed E-state index contributed by atoms with van der Waals surface area (Å²) in [6.07, 6.45) is 2.79. The summed E-state index contributed by atoms with van der Waals surface area (Å²) in [5.41, 5.74) is 3.73. The predicted octanol–water partition coefficient (Wildman–Crippen LogP) is 5.45. The van der Waals surface area contributed by atoms with E-state index in [-0.39, 0.29) is 41.1 Å². The van der Waals surface area contributed by atoms with E-state index in [1.165, 1.54) is 17.2 Å². The van der Waals surface area contributed by atoms with Crippen molar-refractivity contribution in [1.29, 1.82) is 0 Å². The molecule has 2 aromatic carbocycles. The number of fused-ring (bicyclic) bond motifs is 2. The van der Waals surface area contributed by atoms with Gasteiger partial charge in [0.1, 0.15) is 0 Å². The Hall–Kier alpha value is -3.04. The van der Waals surface area contributed by atoms with E-state index in [4.69, 9.17) is 9.26 Å². The number of alkyl halides is 2. The van der Waals surface area contributed by atoms with E-state index in [0.717, 1.165) is 37.9 Å². The summed E-state index contributed by atoms with van der Waals surface area (Å²) in [4.78, 5) is 7.00. The standard InChI is InChI=1S/C28H33F2N3O4/c1-17(2)35-22-9-8-18(14-23(22)36-26(29)30)25-31-24(32-37-25)20-6-5-7-21-19(20)10-11-28(21)12-13-33(15-28)27(3,4)16-34/h5-9,14,17,26,34H,10-13,15-16H2,1-4H3. The van der Waals surface area contributed by atoms with Gasteiger partial charge in [-0.3, -0.25) is 4.90 Å². The highest BCUT2D eigenvalue weighted by Gasteiger charge is 2.47. The molecule has 37 heavy (non-hydrogen) atoms. The van der Waals surface area contributed by atoms with Crippen molar-refractivity contribution in [3.05, 3.63) is 47.5 Å². The maximum Gasteiger partial charge on any atom is 0.387 e. The molecular formula is C28H33F2N3O4. The molecule has 198 valence electrons. The molecule has 0 bridgehead atoms. The lowest BCUT2D eigenvalue weighted by Crippen LogP contribution is -2.46. The highest BCUT2D eigenvalue weighted by atomic mass is 19.3. The molecule has 1 saturated heterocycles. The summed E-state index contributed by atoms with van der Waals surface area (Å²) in [5, 5.41) is 14.1. The number of nitrogens with zero attached hydrogens (tertiary/aromatic N) is 3. The van der Waals surface area contributed by atoms with Gasteiger partial charge in [0.25, 0.3) is 5.89 Å². The number of hydrogen-bond acceptors (Lipinski definition) is 7. The van der Waals surface area contributed by atoms with E-state index < -0.39 is 6.61 Å². The van der Waals surface area contributed by atoms with Crippen LogP contribution in [0.5, 0.6) is 11.5 Å². The maximum absolute atomic E-state index is 13.0. The summed E-state index contributed by atoms with van der Waals surface area (Å²) in [6.45, 7) is 6.77. The number of aliphatic hydroxyl groups is 1. The molecule has 2 heterocycles. The van der Waals surface area contributed by atoms with Crippen molar-refractivity contribution in [2.24, 2.45) is 0 Å². The Balaban J connectivity index is 1.44. The van der Waals surface area contributed by atoms with Crippen molar-refractivity contribution in [2.45, 2.75) is 70.6 Å². The first-order valence-electron chi connectivity index (χ1n) is 12.7. The number of aromatic nitrogens is 2. The molecule has 1 aliphatic heterocycles. The topological polar surface area (TPSA) is 80.9 Å². The van der Waals surface area contributed by atoms with Crippen LogP contribution in [-0.4, -0.2) is 58.1 Å². The monoisotopic (exact) mass is 513 g/mol. The fourth-order valence-corrected chi connectivity index (χ4v) is 5.61. The Morgan fingerprint density at radius 3 is 2.68 bits per heavy atom. The van der Waals surface area contributed by atoms with Gasteiger partial charge in [0.2, 0.25) is 5.82 Å². The van der Waals surface area contributed by atoms with Crippen molar-refractivity contribution in [1.82, 2.24) is 15.0 Å². The van der Waals surface area contributed by atoms with Gasteiger partial charge >= 0.3 is 6.61 Å². The average molecular weight is 514 g/mol. The molecule has 1 aliphatic carbocycles. The average Bonchev–Trinajstić information content (AvgIpc) is 3.60. The number of ether oxygens (including phenoxy) is 2. The van der Waals surface area contributed by atoms with Crippen molar-refractivity contribution in [2.75, 3.05) is 19.7 Å². The summed E-state index contributed by atoms with van der Waals surface area (Å²) in [6, 6.07) is 10.9. The molecule has 2 aliphatic rings. The molecule has 1 atom stereocenters. The van der Waals surface area contributed by atoms with Crippen molar-refractivity contribution >= 4 is 0 Å². The smallest absolute Gasteiger partial charge is 0.387 e. The third kappa shape index (κ3) is 4.82. The predicted molar refractivity (Wildman–Crippen MR) is 135 cm³/mol. The van der Waals surface area contributed by atoms with E-state index >= 15 is 0 Å². The van der Waals surface area contributed by atoms with E-state index in [0.29, 0.717) is 11.4 Å². The highest BCUT2D eigenvalue weighted by Crippen LogP contribution is 2.49. The van der Waals surface area contributed by atoms with Gasteiger partial charge in [-0.25, -0.2) is 0 Å². The fraction of sp³-hybridized carbons (Fsp3) is 0.500. The van der Waals surface area contributed by atoms with E-state index in [2.05, 4.69) is 39.7 Å². The summed E-state index contributed by atoms with van der Waals surface area (Å²) in [5.74, 6) is 0.820. The lowest BCUT2D eigenvalue weighted by molar-refractivity contribution is -0.0518. The van der Waals surface area contributed by atoms with Crippen LogP contribution < -0.4 is 9.47 Å². The Morgan fingerprint density at radius 2 is 1.95 bits per heavy atom.